The Hall–Kier alpha value is -2.37. The van der Waals surface area contributed by atoms with Crippen LogP contribution in [0.25, 0.3) is 10.8 Å². The van der Waals surface area contributed by atoms with Crippen LogP contribution in [-0.4, -0.2) is 20.0 Å². The summed E-state index contributed by atoms with van der Waals surface area (Å²) in [7, 11) is -2.58. The summed E-state index contributed by atoms with van der Waals surface area (Å²) in [5.41, 5.74) is 1.27. The second-order valence-corrected chi connectivity index (χ2v) is 6.36. The van der Waals surface area contributed by atoms with Crippen LogP contribution in [0.1, 0.15) is 0 Å². The van der Waals surface area contributed by atoms with Gasteiger partial charge in [0.05, 0.1) is 5.69 Å². The van der Waals surface area contributed by atoms with Gasteiger partial charge in [-0.05, 0) is 23.6 Å². The zero-order valence-corrected chi connectivity index (χ0v) is 12.8. The van der Waals surface area contributed by atoms with Crippen molar-refractivity contribution in [1.82, 2.24) is 0 Å². The lowest BCUT2D eigenvalue weighted by molar-refractivity contribution is 0.484. The van der Waals surface area contributed by atoms with Crippen LogP contribution < -0.4 is 4.90 Å². The fourth-order valence-corrected chi connectivity index (χ4v) is 3.49. The standard InChI is InChI=1S/C17H15NO3S/c1-18(14-8-3-2-4-9-14)16-12-11-13-7-5-6-10-15(13)17(16)22(19,20)21/h2-12H,1H3,(H,19,20,21). The fraction of sp³-hybridized carbons (Fsp3) is 0.0588. The summed E-state index contributed by atoms with van der Waals surface area (Å²) in [6, 6.07) is 20.0. The molecule has 0 saturated carbocycles. The van der Waals surface area contributed by atoms with Gasteiger partial charge in [0.2, 0.25) is 0 Å². The van der Waals surface area contributed by atoms with Gasteiger partial charge in [0, 0.05) is 18.1 Å². The largest absolute Gasteiger partial charge is 0.343 e. The maximum absolute atomic E-state index is 11.9. The van der Waals surface area contributed by atoms with Crippen molar-refractivity contribution in [2.75, 3.05) is 11.9 Å². The van der Waals surface area contributed by atoms with Gasteiger partial charge in [0.1, 0.15) is 4.90 Å². The van der Waals surface area contributed by atoms with Crippen LogP contribution >= 0.6 is 0 Å². The minimum Gasteiger partial charge on any atom is -0.343 e. The van der Waals surface area contributed by atoms with Gasteiger partial charge >= 0.3 is 0 Å². The Morgan fingerprint density at radius 1 is 0.864 bits per heavy atom. The highest BCUT2D eigenvalue weighted by Gasteiger charge is 2.22. The lowest BCUT2D eigenvalue weighted by atomic mass is 10.1. The molecule has 0 bridgehead atoms. The highest BCUT2D eigenvalue weighted by Crippen LogP contribution is 2.35. The molecule has 3 aromatic carbocycles. The normalized spacial score (nSPS) is 11.5. The molecule has 0 aliphatic carbocycles. The molecule has 0 radical (unpaired) electrons. The minimum atomic E-state index is -4.35. The number of benzene rings is 3. The molecular formula is C17H15NO3S. The Balaban J connectivity index is 2.31. The summed E-state index contributed by atoms with van der Waals surface area (Å²) in [4.78, 5) is 1.67. The Bertz CT molecular complexity index is 921. The van der Waals surface area contributed by atoms with Crippen LogP contribution in [0.15, 0.2) is 71.6 Å². The number of anilines is 2. The van der Waals surface area contributed by atoms with Crippen molar-refractivity contribution in [1.29, 1.82) is 0 Å². The maximum atomic E-state index is 11.9. The van der Waals surface area contributed by atoms with Crippen molar-refractivity contribution in [3.8, 4) is 0 Å². The van der Waals surface area contributed by atoms with Crippen molar-refractivity contribution in [2.24, 2.45) is 0 Å². The van der Waals surface area contributed by atoms with Crippen molar-refractivity contribution >= 4 is 32.3 Å². The van der Waals surface area contributed by atoms with E-state index in [0.29, 0.717) is 11.1 Å². The lowest BCUT2D eigenvalue weighted by Crippen LogP contribution is -2.14. The third-order valence-electron chi connectivity index (χ3n) is 3.62. The molecule has 0 spiro atoms. The molecule has 0 aromatic heterocycles. The molecule has 0 saturated heterocycles. The van der Waals surface area contributed by atoms with Crippen LogP contribution in [0.2, 0.25) is 0 Å². The molecule has 1 N–H and O–H groups in total. The van der Waals surface area contributed by atoms with Gasteiger partial charge in [0.15, 0.2) is 0 Å². The molecule has 0 unspecified atom stereocenters. The molecule has 22 heavy (non-hydrogen) atoms. The maximum Gasteiger partial charge on any atom is 0.297 e. The smallest absolute Gasteiger partial charge is 0.297 e. The molecule has 5 heteroatoms. The SMILES string of the molecule is CN(c1ccccc1)c1ccc2ccccc2c1S(=O)(=O)O. The highest BCUT2D eigenvalue weighted by molar-refractivity contribution is 7.86. The van der Waals surface area contributed by atoms with Gasteiger partial charge < -0.3 is 4.90 Å². The Labute approximate surface area is 129 Å². The first-order valence-electron chi connectivity index (χ1n) is 6.76. The van der Waals surface area contributed by atoms with Gasteiger partial charge in [-0.3, -0.25) is 4.55 Å². The molecule has 0 heterocycles. The lowest BCUT2D eigenvalue weighted by Gasteiger charge is -2.22. The molecule has 0 atom stereocenters. The number of rotatable bonds is 3. The van der Waals surface area contributed by atoms with Crippen LogP contribution in [0.3, 0.4) is 0 Å². The number of hydrogen-bond donors (Lipinski definition) is 1. The van der Waals surface area contributed by atoms with E-state index >= 15 is 0 Å². The number of fused-ring (bicyclic) bond motifs is 1. The predicted molar refractivity (Wildman–Crippen MR) is 88.3 cm³/mol. The Kier molecular flexibility index (Phi) is 3.60. The summed E-state index contributed by atoms with van der Waals surface area (Å²) >= 11 is 0. The molecule has 0 amide bonds. The third kappa shape index (κ3) is 2.56. The third-order valence-corrected chi connectivity index (χ3v) is 4.57. The number of para-hydroxylation sites is 1. The monoisotopic (exact) mass is 313 g/mol. The zero-order valence-electron chi connectivity index (χ0n) is 12.0. The van der Waals surface area contributed by atoms with Crippen molar-refractivity contribution in [3.63, 3.8) is 0 Å². The van der Waals surface area contributed by atoms with E-state index in [1.165, 1.54) is 0 Å². The minimum absolute atomic E-state index is 0.0723. The van der Waals surface area contributed by atoms with Crippen molar-refractivity contribution in [3.05, 3.63) is 66.7 Å². The fourth-order valence-electron chi connectivity index (χ4n) is 2.56. The zero-order chi connectivity index (χ0) is 15.7. The molecule has 0 aliphatic rings. The van der Waals surface area contributed by atoms with Crippen LogP contribution in [0, 0.1) is 0 Å². The summed E-state index contributed by atoms with van der Waals surface area (Å²) in [5, 5.41) is 1.27. The van der Waals surface area contributed by atoms with Crippen LogP contribution in [0.5, 0.6) is 0 Å². The first-order chi connectivity index (χ1) is 10.5. The van der Waals surface area contributed by atoms with Gasteiger partial charge in [-0.15, -0.1) is 0 Å². The molecule has 0 aliphatic heterocycles. The van der Waals surface area contributed by atoms with Gasteiger partial charge in [0.25, 0.3) is 10.1 Å². The van der Waals surface area contributed by atoms with E-state index in [2.05, 4.69) is 0 Å². The summed E-state index contributed by atoms with van der Waals surface area (Å²) in [6.45, 7) is 0. The molecular weight excluding hydrogens is 298 g/mol. The number of nitrogens with zero attached hydrogens (tertiary/aromatic N) is 1. The Morgan fingerprint density at radius 3 is 2.18 bits per heavy atom. The Morgan fingerprint density at radius 2 is 1.50 bits per heavy atom. The molecule has 3 aromatic rings. The molecule has 112 valence electrons. The van der Waals surface area contributed by atoms with Gasteiger partial charge in [-0.2, -0.15) is 8.42 Å². The first-order valence-corrected chi connectivity index (χ1v) is 8.20. The second kappa shape index (κ2) is 5.44. The van der Waals surface area contributed by atoms with E-state index < -0.39 is 10.1 Å². The van der Waals surface area contributed by atoms with E-state index in [9.17, 15) is 13.0 Å². The summed E-state index contributed by atoms with van der Waals surface area (Å²) in [5.74, 6) is 0. The number of hydrogen-bond acceptors (Lipinski definition) is 3. The topological polar surface area (TPSA) is 57.6 Å². The van der Waals surface area contributed by atoms with Gasteiger partial charge in [-0.1, -0.05) is 48.5 Å². The summed E-state index contributed by atoms with van der Waals surface area (Å²) < 4.78 is 33.6. The van der Waals surface area contributed by atoms with E-state index in [0.717, 1.165) is 11.1 Å². The molecule has 3 rings (SSSR count). The van der Waals surface area contributed by atoms with Gasteiger partial charge in [-0.25, -0.2) is 0 Å². The predicted octanol–water partition coefficient (Wildman–Crippen LogP) is 3.85. The van der Waals surface area contributed by atoms with E-state index in [1.54, 1.807) is 30.1 Å². The van der Waals surface area contributed by atoms with E-state index in [-0.39, 0.29) is 4.90 Å². The second-order valence-electron chi connectivity index (χ2n) is 5.00. The molecule has 4 nitrogen and oxygen atoms in total. The highest BCUT2D eigenvalue weighted by atomic mass is 32.2. The quantitative estimate of drug-likeness (QED) is 0.746. The van der Waals surface area contributed by atoms with Crippen LogP contribution in [0.4, 0.5) is 11.4 Å². The summed E-state index contributed by atoms with van der Waals surface area (Å²) in [6.07, 6.45) is 0. The van der Waals surface area contributed by atoms with Crippen LogP contribution in [-0.2, 0) is 10.1 Å². The van der Waals surface area contributed by atoms with E-state index in [4.69, 9.17) is 0 Å². The average molecular weight is 313 g/mol. The average Bonchev–Trinajstić information content (AvgIpc) is 2.53. The molecule has 0 fully saturated rings. The van der Waals surface area contributed by atoms with Crippen molar-refractivity contribution < 1.29 is 13.0 Å². The first kappa shape index (κ1) is 14.6. The van der Waals surface area contributed by atoms with E-state index in [1.807, 2.05) is 48.5 Å². The van der Waals surface area contributed by atoms with Crippen molar-refractivity contribution in [2.45, 2.75) is 4.90 Å².